The van der Waals surface area contributed by atoms with Gasteiger partial charge in [0.25, 0.3) is 11.5 Å². The molecule has 0 atom stereocenters. The number of nitrogens with zero attached hydrogens (tertiary/aromatic N) is 1. The third-order valence-electron chi connectivity index (χ3n) is 4.67. The fourth-order valence-corrected chi connectivity index (χ4v) is 3.67. The highest BCUT2D eigenvalue weighted by atomic mass is 32.2. The van der Waals surface area contributed by atoms with Gasteiger partial charge in [0.2, 0.25) is 0 Å². The van der Waals surface area contributed by atoms with Crippen LogP contribution in [0.2, 0.25) is 0 Å². The molecule has 0 aliphatic heterocycles. The molecule has 1 amide bonds. The lowest BCUT2D eigenvalue weighted by molar-refractivity contribution is 0.102. The maximum Gasteiger partial charge on any atom is 0.261 e. The van der Waals surface area contributed by atoms with E-state index in [2.05, 4.69) is 22.2 Å². The smallest absolute Gasteiger partial charge is 0.261 e. The van der Waals surface area contributed by atoms with Gasteiger partial charge in [-0.2, -0.15) is 0 Å². The van der Waals surface area contributed by atoms with Crippen molar-refractivity contribution in [2.24, 2.45) is 0 Å². The summed E-state index contributed by atoms with van der Waals surface area (Å²) >= 11 is 0. The molecule has 3 rings (SSSR count). The summed E-state index contributed by atoms with van der Waals surface area (Å²) in [6.07, 6.45) is 3.60. The lowest BCUT2D eigenvalue weighted by Gasteiger charge is -2.15. The van der Waals surface area contributed by atoms with Crippen LogP contribution in [0.25, 0.3) is 0 Å². The normalized spacial score (nSPS) is 14.3. The van der Waals surface area contributed by atoms with Gasteiger partial charge in [0.05, 0.1) is 10.6 Å². The van der Waals surface area contributed by atoms with Crippen LogP contribution in [0, 0.1) is 0 Å². The van der Waals surface area contributed by atoms with Gasteiger partial charge in [-0.15, -0.1) is 0 Å². The highest BCUT2D eigenvalue weighted by Gasteiger charge is 2.25. The standard InChI is InChI=1S/C19H23N3O4S/c1-3-27(25,26)16-10-17(18(23)20-11-16)19(24)21-14-6-4-13(5-7-14)12-22(2)15-8-9-15/h4-7,10-11,15H,3,8-9,12H2,1-2H3,(H,20,23)(H,21,24). The summed E-state index contributed by atoms with van der Waals surface area (Å²) in [5, 5.41) is 2.64. The molecule has 1 aliphatic rings. The molecule has 27 heavy (non-hydrogen) atoms. The minimum Gasteiger partial charge on any atom is -0.327 e. The zero-order valence-corrected chi connectivity index (χ0v) is 16.2. The number of carbonyl (C=O) groups excluding carboxylic acids is 1. The van der Waals surface area contributed by atoms with E-state index in [1.54, 1.807) is 12.1 Å². The summed E-state index contributed by atoms with van der Waals surface area (Å²) in [6, 6.07) is 9.19. The molecule has 7 nitrogen and oxygen atoms in total. The number of hydrogen-bond donors (Lipinski definition) is 2. The molecule has 1 heterocycles. The van der Waals surface area contributed by atoms with Crippen LogP contribution in [-0.2, 0) is 16.4 Å². The number of nitrogens with one attached hydrogen (secondary N) is 2. The maximum atomic E-state index is 12.4. The number of sulfone groups is 1. The summed E-state index contributed by atoms with van der Waals surface area (Å²) in [5.41, 5.74) is 0.810. The number of rotatable bonds is 7. The Bertz CT molecular complexity index is 992. The number of anilines is 1. The van der Waals surface area contributed by atoms with Crippen molar-refractivity contribution in [1.82, 2.24) is 9.88 Å². The summed E-state index contributed by atoms with van der Waals surface area (Å²) < 4.78 is 23.9. The molecule has 1 aliphatic carbocycles. The van der Waals surface area contributed by atoms with Gasteiger partial charge in [0.1, 0.15) is 5.56 Å². The number of H-pyrrole nitrogens is 1. The van der Waals surface area contributed by atoms with E-state index in [0.717, 1.165) is 24.4 Å². The predicted molar refractivity (Wildman–Crippen MR) is 104 cm³/mol. The second-order valence-corrected chi connectivity index (χ2v) is 9.06. The summed E-state index contributed by atoms with van der Waals surface area (Å²) in [6.45, 7) is 2.35. The number of benzene rings is 1. The summed E-state index contributed by atoms with van der Waals surface area (Å²) in [7, 11) is -1.42. The van der Waals surface area contributed by atoms with Crippen molar-refractivity contribution in [3.05, 3.63) is 58.0 Å². The molecule has 8 heteroatoms. The van der Waals surface area contributed by atoms with Crippen molar-refractivity contribution in [3.8, 4) is 0 Å². The summed E-state index contributed by atoms with van der Waals surface area (Å²) in [4.78, 5) is 28.9. The second kappa shape index (κ2) is 7.66. The zero-order valence-electron chi connectivity index (χ0n) is 15.4. The average Bonchev–Trinajstić information content (AvgIpc) is 3.48. The molecular formula is C19H23N3O4S. The Morgan fingerprint density at radius 2 is 1.93 bits per heavy atom. The Balaban J connectivity index is 1.73. The van der Waals surface area contributed by atoms with E-state index >= 15 is 0 Å². The van der Waals surface area contributed by atoms with Crippen LogP contribution in [0.4, 0.5) is 5.69 Å². The molecule has 0 radical (unpaired) electrons. The number of carbonyl (C=O) groups is 1. The molecule has 1 aromatic carbocycles. The van der Waals surface area contributed by atoms with Crippen molar-refractivity contribution in [1.29, 1.82) is 0 Å². The SMILES string of the molecule is CCS(=O)(=O)c1c[nH]c(=O)c(C(=O)Nc2ccc(CN(C)C3CC3)cc2)c1. The minimum atomic E-state index is -3.52. The molecule has 0 saturated heterocycles. The number of aromatic amines is 1. The molecule has 1 fully saturated rings. The third kappa shape index (κ3) is 4.64. The first-order valence-electron chi connectivity index (χ1n) is 8.86. The van der Waals surface area contributed by atoms with Gasteiger partial charge >= 0.3 is 0 Å². The largest absolute Gasteiger partial charge is 0.327 e. The Labute approximate surface area is 158 Å². The van der Waals surface area contributed by atoms with Gasteiger partial charge in [-0.1, -0.05) is 19.1 Å². The Hall–Kier alpha value is -2.45. The van der Waals surface area contributed by atoms with Crippen LogP contribution in [0.3, 0.4) is 0 Å². The average molecular weight is 389 g/mol. The van der Waals surface area contributed by atoms with Crippen molar-refractivity contribution >= 4 is 21.4 Å². The molecular weight excluding hydrogens is 366 g/mol. The van der Waals surface area contributed by atoms with E-state index in [9.17, 15) is 18.0 Å². The Morgan fingerprint density at radius 3 is 2.52 bits per heavy atom. The highest BCUT2D eigenvalue weighted by molar-refractivity contribution is 7.91. The van der Waals surface area contributed by atoms with Gasteiger partial charge in [-0.3, -0.25) is 14.5 Å². The van der Waals surface area contributed by atoms with Crippen LogP contribution in [-0.4, -0.2) is 43.1 Å². The van der Waals surface area contributed by atoms with Crippen molar-refractivity contribution in [2.45, 2.75) is 37.2 Å². The van der Waals surface area contributed by atoms with E-state index in [4.69, 9.17) is 0 Å². The quantitative estimate of drug-likeness (QED) is 0.755. The number of pyridine rings is 1. The van der Waals surface area contributed by atoms with Gasteiger partial charge in [-0.05, 0) is 43.7 Å². The molecule has 1 saturated carbocycles. The van der Waals surface area contributed by atoms with Crippen molar-refractivity contribution in [3.63, 3.8) is 0 Å². The van der Waals surface area contributed by atoms with Crippen LogP contribution in [0.5, 0.6) is 0 Å². The number of hydrogen-bond acceptors (Lipinski definition) is 5. The first-order valence-corrected chi connectivity index (χ1v) is 10.5. The zero-order chi connectivity index (χ0) is 19.6. The van der Waals surface area contributed by atoms with Crippen LogP contribution < -0.4 is 10.9 Å². The fraction of sp³-hybridized carbons (Fsp3) is 0.368. The van der Waals surface area contributed by atoms with Crippen LogP contribution >= 0.6 is 0 Å². The van der Waals surface area contributed by atoms with Crippen LogP contribution in [0.1, 0.15) is 35.7 Å². The van der Waals surface area contributed by atoms with Gasteiger partial charge in [-0.25, -0.2) is 8.42 Å². The Kier molecular flexibility index (Phi) is 5.48. The maximum absolute atomic E-state index is 12.4. The van der Waals surface area contributed by atoms with Crippen molar-refractivity contribution < 1.29 is 13.2 Å². The lowest BCUT2D eigenvalue weighted by Crippen LogP contribution is -2.24. The van der Waals surface area contributed by atoms with Crippen molar-refractivity contribution in [2.75, 3.05) is 18.1 Å². The molecule has 2 aromatic rings. The number of aromatic nitrogens is 1. The van der Waals surface area contributed by atoms with E-state index in [1.807, 2.05) is 12.1 Å². The molecule has 2 N–H and O–H groups in total. The minimum absolute atomic E-state index is 0.0757. The monoisotopic (exact) mass is 389 g/mol. The van der Waals surface area contributed by atoms with Gasteiger partial charge in [0.15, 0.2) is 9.84 Å². The molecule has 1 aromatic heterocycles. The van der Waals surface area contributed by atoms with Gasteiger partial charge in [0, 0.05) is 24.5 Å². The van der Waals surface area contributed by atoms with Gasteiger partial charge < -0.3 is 10.3 Å². The topological polar surface area (TPSA) is 99.3 Å². The van der Waals surface area contributed by atoms with Crippen LogP contribution in [0.15, 0.2) is 46.2 Å². The third-order valence-corrected chi connectivity index (χ3v) is 6.39. The predicted octanol–water partition coefficient (Wildman–Crippen LogP) is 2.01. The van der Waals surface area contributed by atoms with E-state index in [-0.39, 0.29) is 16.2 Å². The molecule has 0 bridgehead atoms. The molecule has 144 valence electrons. The van der Waals surface area contributed by atoms with E-state index in [1.165, 1.54) is 19.8 Å². The van der Waals surface area contributed by atoms with E-state index in [0.29, 0.717) is 11.7 Å². The second-order valence-electron chi connectivity index (χ2n) is 6.78. The first-order chi connectivity index (χ1) is 12.8. The number of amides is 1. The first kappa shape index (κ1) is 19.3. The molecule has 0 unspecified atom stereocenters. The Morgan fingerprint density at radius 1 is 1.26 bits per heavy atom. The molecule has 0 spiro atoms. The fourth-order valence-electron chi connectivity index (χ4n) is 2.80. The summed E-state index contributed by atoms with van der Waals surface area (Å²) in [5.74, 6) is -0.760. The van der Waals surface area contributed by atoms with E-state index < -0.39 is 21.3 Å². The lowest BCUT2D eigenvalue weighted by atomic mass is 10.2. The highest BCUT2D eigenvalue weighted by Crippen LogP contribution is 2.26.